The number of rotatable bonds is 0. The number of aryl methyl sites for hydroxylation is 1. The van der Waals surface area contributed by atoms with Crippen molar-refractivity contribution >= 4 is 55.4 Å². The largest absolute Gasteiger partial charge is 0.387 e. The summed E-state index contributed by atoms with van der Waals surface area (Å²) in [4.78, 5) is 26.5. The minimum atomic E-state index is -1.87. The van der Waals surface area contributed by atoms with Gasteiger partial charge >= 0.3 is 0 Å². The number of hydrogen-bond donors (Lipinski definition) is 4. The molecule has 5 atom stereocenters. The lowest BCUT2D eigenvalue weighted by molar-refractivity contribution is -0.309. The van der Waals surface area contributed by atoms with Crippen molar-refractivity contribution < 1.29 is 42.8 Å². The van der Waals surface area contributed by atoms with E-state index in [2.05, 4.69) is 5.32 Å². The molecule has 2 bridgehead atoms. The van der Waals surface area contributed by atoms with Crippen LogP contribution >= 0.6 is 0 Å². The van der Waals surface area contributed by atoms with Gasteiger partial charge < -0.3 is 29.2 Å². The predicted molar refractivity (Wildman–Crippen MR) is 131 cm³/mol. The van der Waals surface area contributed by atoms with E-state index in [1.165, 1.54) is 35.1 Å². The van der Waals surface area contributed by atoms with Gasteiger partial charge in [-0.15, -0.1) is 0 Å². The highest BCUT2D eigenvalue weighted by Crippen LogP contribution is 2.53. The van der Waals surface area contributed by atoms with Gasteiger partial charge in [-0.2, -0.15) is 0 Å². The average molecular weight is 537 g/mol. The van der Waals surface area contributed by atoms with Crippen LogP contribution in [-0.2, 0) is 10.5 Å². The van der Waals surface area contributed by atoms with Crippen molar-refractivity contribution in [2.75, 3.05) is 0 Å². The third kappa shape index (κ3) is 2.38. The second-order valence-corrected chi connectivity index (χ2v) is 10.6. The molecule has 0 aliphatic carbocycles. The summed E-state index contributed by atoms with van der Waals surface area (Å²) in [6.07, 6.45) is -6.56. The first-order valence-electron chi connectivity index (χ1n) is 12.2. The lowest BCUT2D eigenvalue weighted by Gasteiger charge is -2.47. The van der Waals surface area contributed by atoms with Gasteiger partial charge in [0.2, 0.25) is 0 Å². The number of benzene rings is 3. The van der Waals surface area contributed by atoms with Crippen LogP contribution in [0.1, 0.15) is 39.4 Å². The molecule has 3 aliphatic rings. The van der Waals surface area contributed by atoms with E-state index in [4.69, 9.17) is 4.74 Å². The number of amides is 2. The Morgan fingerprint density at radius 3 is 2.13 bits per heavy atom. The van der Waals surface area contributed by atoms with Gasteiger partial charge in [0.1, 0.15) is 24.1 Å². The minimum absolute atomic E-state index is 0.00991. The van der Waals surface area contributed by atoms with Gasteiger partial charge in [0.25, 0.3) is 11.8 Å². The zero-order chi connectivity index (χ0) is 27.4. The Morgan fingerprint density at radius 2 is 1.44 bits per heavy atom. The zero-order valence-corrected chi connectivity index (χ0v) is 20.2. The number of aliphatic hydroxyl groups is 3. The zero-order valence-electron chi connectivity index (χ0n) is 20.2. The average Bonchev–Trinajstić information content (AvgIpc) is 3.45. The van der Waals surface area contributed by atoms with E-state index in [9.17, 15) is 38.1 Å². The van der Waals surface area contributed by atoms with Crippen molar-refractivity contribution in [2.45, 2.75) is 44.1 Å². The summed E-state index contributed by atoms with van der Waals surface area (Å²) < 4.78 is 53.5. The van der Waals surface area contributed by atoms with Crippen molar-refractivity contribution in [3.05, 3.63) is 58.4 Å². The first kappa shape index (κ1) is 23.0. The van der Waals surface area contributed by atoms with E-state index >= 15 is 0 Å². The molecule has 0 saturated carbocycles. The molecule has 198 valence electrons. The first-order valence-corrected chi connectivity index (χ1v) is 12.2. The molecule has 2 aromatic heterocycles. The number of imide groups is 1. The summed E-state index contributed by atoms with van der Waals surface area (Å²) in [5, 5.41) is 36.1. The molecule has 0 unspecified atom stereocenters. The molecule has 0 spiro atoms. The number of nitrogens with one attached hydrogen (secondary N) is 1. The Labute approximate surface area is 215 Å². The fourth-order valence-corrected chi connectivity index (χ4v) is 6.78. The van der Waals surface area contributed by atoms with E-state index in [-0.39, 0.29) is 54.8 Å². The van der Waals surface area contributed by atoms with Crippen LogP contribution in [0.3, 0.4) is 0 Å². The number of carbonyl (C=O) groups is 2. The number of nitrogens with zero attached hydrogens (tertiary/aromatic N) is 2. The molecule has 3 aliphatic heterocycles. The third-order valence-corrected chi connectivity index (χ3v) is 8.52. The molecular formula is C27H18F3N3O6. The quantitative estimate of drug-likeness (QED) is 0.225. The highest BCUT2D eigenvalue weighted by atomic mass is 19.2. The van der Waals surface area contributed by atoms with Crippen LogP contribution in [0, 0.1) is 24.4 Å². The summed E-state index contributed by atoms with van der Waals surface area (Å²) >= 11 is 0. The summed E-state index contributed by atoms with van der Waals surface area (Å²) in [6, 6.07) is 4.47. The van der Waals surface area contributed by atoms with Crippen molar-refractivity contribution in [3.8, 4) is 0 Å². The maximum atomic E-state index is 15.0. The Kier molecular flexibility index (Phi) is 3.99. The molecule has 5 aromatic rings. The van der Waals surface area contributed by atoms with Crippen molar-refractivity contribution in [1.29, 1.82) is 0 Å². The van der Waals surface area contributed by atoms with Crippen LogP contribution in [0.5, 0.6) is 0 Å². The number of hydrogen-bond acceptors (Lipinski definition) is 6. The van der Waals surface area contributed by atoms with Gasteiger partial charge in [0, 0.05) is 27.6 Å². The molecule has 4 N–H and O–H groups in total. The fraction of sp³-hybridized carbons (Fsp3) is 0.259. The predicted octanol–water partition coefficient (Wildman–Crippen LogP) is 2.81. The Morgan fingerprint density at radius 1 is 0.846 bits per heavy atom. The van der Waals surface area contributed by atoms with Gasteiger partial charge in [0.05, 0.1) is 33.2 Å². The Balaban J connectivity index is 1.79. The topological polar surface area (TPSA) is 126 Å². The monoisotopic (exact) mass is 537 g/mol. The van der Waals surface area contributed by atoms with E-state index in [0.29, 0.717) is 5.52 Å². The van der Waals surface area contributed by atoms with E-state index in [1.54, 1.807) is 0 Å². The summed E-state index contributed by atoms with van der Waals surface area (Å²) in [7, 11) is 0. The van der Waals surface area contributed by atoms with Crippen molar-refractivity contribution in [1.82, 2.24) is 14.5 Å². The molecule has 1 fully saturated rings. The summed E-state index contributed by atoms with van der Waals surface area (Å²) in [6.45, 7) is 2.94. The highest BCUT2D eigenvalue weighted by Gasteiger charge is 2.56. The lowest BCUT2D eigenvalue weighted by Crippen LogP contribution is -2.61. The van der Waals surface area contributed by atoms with Gasteiger partial charge in [-0.05, 0) is 37.6 Å². The van der Waals surface area contributed by atoms with Crippen LogP contribution in [0.2, 0.25) is 0 Å². The number of carbonyl (C=O) groups excluding carboxylic acids is 2. The second-order valence-electron chi connectivity index (χ2n) is 10.6. The maximum Gasteiger partial charge on any atom is 0.259 e. The van der Waals surface area contributed by atoms with Gasteiger partial charge in [0.15, 0.2) is 23.6 Å². The van der Waals surface area contributed by atoms with E-state index in [0.717, 1.165) is 12.1 Å². The molecule has 5 heterocycles. The number of aromatic nitrogens is 2. The molecule has 8 rings (SSSR count). The minimum Gasteiger partial charge on any atom is -0.387 e. The van der Waals surface area contributed by atoms with Crippen LogP contribution in [-0.4, -0.2) is 54.6 Å². The number of fused-ring (bicyclic) bond motifs is 13. The maximum absolute atomic E-state index is 15.0. The smallest absolute Gasteiger partial charge is 0.259 e. The third-order valence-electron chi connectivity index (χ3n) is 8.52. The SMILES string of the molecule is Cc1cc2c(cc1F)c1c3c(c4c5cc(F)c(F)cc5n5c4c1n2[C@@H]1O[C@@]5(C)[C@@H](O)[C@H](O)[C@H]1O)C(=O)NC3=O. The van der Waals surface area contributed by atoms with Crippen molar-refractivity contribution in [3.63, 3.8) is 0 Å². The van der Waals surface area contributed by atoms with Crippen LogP contribution in [0.15, 0.2) is 24.3 Å². The number of aliphatic hydroxyl groups excluding tert-OH is 3. The van der Waals surface area contributed by atoms with Crippen molar-refractivity contribution in [2.24, 2.45) is 0 Å². The molecule has 1 saturated heterocycles. The molecular weight excluding hydrogens is 519 g/mol. The highest BCUT2D eigenvalue weighted by molar-refractivity contribution is 6.39. The molecule has 0 radical (unpaired) electrons. The second kappa shape index (κ2) is 6.77. The molecule has 12 heteroatoms. The Bertz CT molecular complexity index is 2050. The Hall–Kier alpha value is -3.97. The molecule has 9 nitrogen and oxygen atoms in total. The molecule has 39 heavy (non-hydrogen) atoms. The summed E-state index contributed by atoms with van der Waals surface area (Å²) in [5.74, 6) is -4.57. The van der Waals surface area contributed by atoms with Crippen LogP contribution in [0.4, 0.5) is 13.2 Å². The number of halogens is 3. The lowest BCUT2D eigenvalue weighted by atomic mass is 9.93. The summed E-state index contributed by atoms with van der Waals surface area (Å²) in [5.41, 5.74) is -1.14. The van der Waals surface area contributed by atoms with Gasteiger partial charge in [-0.3, -0.25) is 14.9 Å². The molecule has 3 aromatic carbocycles. The standard InChI is InChI=1S/C27H18F3N3O6/c1-7-3-13-8(4-10(7)28)15-17-18(25(38)31-24(17)37)16-9-5-11(29)12(30)6-14(9)33-20(16)19(15)32(13)26-22(35)21(34)23(36)27(33,2)39-26/h3-6,21-23,26,34-36H,1-2H3,(H,31,37,38)/t21-,22-,23+,26-,27+/m1/s1. The fourth-order valence-electron chi connectivity index (χ4n) is 6.78. The van der Waals surface area contributed by atoms with Gasteiger partial charge in [-0.25, -0.2) is 13.2 Å². The number of ether oxygens (including phenoxy) is 1. The van der Waals surface area contributed by atoms with Gasteiger partial charge in [-0.1, -0.05) is 0 Å². The van der Waals surface area contributed by atoms with Crippen LogP contribution in [0.25, 0.3) is 43.6 Å². The normalized spacial score (nSPS) is 27.8. The van der Waals surface area contributed by atoms with E-state index in [1.807, 2.05) is 0 Å². The first-order chi connectivity index (χ1) is 18.5. The van der Waals surface area contributed by atoms with E-state index < -0.39 is 59.5 Å². The van der Waals surface area contributed by atoms with Crippen LogP contribution < -0.4 is 5.32 Å². The molecule has 2 amide bonds.